The Bertz CT molecular complexity index is 995. The molecule has 3 aromatic rings. The molecule has 1 aromatic carbocycles. The van der Waals surface area contributed by atoms with E-state index in [-0.39, 0.29) is 17.7 Å². The molecule has 26 heavy (non-hydrogen) atoms. The third-order valence-corrected chi connectivity index (χ3v) is 3.76. The van der Waals surface area contributed by atoms with Crippen LogP contribution in [0.25, 0.3) is 11.1 Å². The van der Waals surface area contributed by atoms with Crippen molar-refractivity contribution < 1.29 is 22.7 Å². The molecule has 0 radical (unpaired) electrons. The van der Waals surface area contributed by atoms with Crippen LogP contribution in [0, 0.1) is 5.95 Å². The highest BCUT2D eigenvalue weighted by Crippen LogP contribution is 2.33. The summed E-state index contributed by atoms with van der Waals surface area (Å²) in [5.41, 5.74) is -1.36. The fourth-order valence-corrected chi connectivity index (χ4v) is 2.51. The quantitative estimate of drug-likeness (QED) is 0.568. The smallest absolute Gasteiger partial charge is 0.416 e. The lowest BCUT2D eigenvalue weighted by molar-refractivity contribution is -0.137. The average Bonchev–Trinajstić information content (AvgIpc) is 2.59. The van der Waals surface area contributed by atoms with Crippen LogP contribution in [0.5, 0.6) is 5.75 Å². The number of halogens is 4. The summed E-state index contributed by atoms with van der Waals surface area (Å²) in [6, 6.07) is 7.95. The van der Waals surface area contributed by atoms with Gasteiger partial charge < -0.3 is 9.67 Å². The lowest BCUT2D eigenvalue weighted by Crippen LogP contribution is -2.22. The number of rotatable bonds is 3. The average molecular weight is 364 g/mol. The second kappa shape index (κ2) is 6.62. The molecule has 0 fully saturated rings. The van der Waals surface area contributed by atoms with Crippen molar-refractivity contribution in [3.05, 3.63) is 82.3 Å². The van der Waals surface area contributed by atoms with Crippen LogP contribution in [0.1, 0.15) is 11.1 Å². The standard InChI is InChI=1S/C18H12F4N2O2/c19-15-5-4-11(9-23-15)10-24-7-6-14(25)16(17(24)26)12-2-1-3-13(8-12)18(20,21)22/h1-9,25H,10H2. The first-order chi connectivity index (χ1) is 12.3. The number of aromatic nitrogens is 2. The maximum Gasteiger partial charge on any atom is 0.416 e. The molecular formula is C18H12F4N2O2. The SMILES string of the molecule is O=c1c(-c2cccc(C(F)(F)F)c2)c(O)ccn1Cc1ccc(F)nc1. The first kappa shape index (κ1) is 17.7. The Morgan fingerprint density at radius 1 is 1.12 bits per heavy atom. The van der Waals surface area contributed by atoms with Crippen molar-refractivity contribution in [1.29, 1.82) is 0 Å². The largest absolute Gasteiger partial charge is 0.507 e. The van der Waals surface area contributed by atoms with E-state index >= 15 is 0 Å². The normalized spacial score (nSPS) is 11.5. The molecule has 0 aliphatic carbocycles. The molecule has 0 unspecified atom stereocenters. The molecule has 0 atom stereocenters. The fraction of sp³-hybridized carbons (Fsp3) is 0.111. The molecule has 4 nitrogen and oxygen atoms in total. The van der Waals surface area contributed by atoms with Crippen molar-refractivity contribution in [3.8, 4) is 16.9 Å². The Hall–Kier alpha value is -3.16. The van der Waals surface area contributed by atoms with Crippen LogP contribution in [-0.2, 0) is 12.7 Å². The topological polar surface area (TPSA) is 55.1 Å². The summed E-state index contributed by atoms with van der Waals surface area (Å²) in [5, 5.41) is 10.0. The van der Waals surface area contributed by atoms with Crippen LogP contribution < -0.4 is 5.56 Å². The Morgan fingerprint density at radius 3 is 2.54 bits per heavy atom. The van der Waals surface area contributed by atoms with E-state index in [4.69, 9.17) is 0 Å². The van der Waals surface area contributed by atoms with Gasteiger partial charge in [-0.25, -0.2) is 4.98 Å². The van der Waals surface area contributed by atoms with Gasteiger partial charge in [0, 0.05) is 12.4 Å². The minimum absolute atomic E-state index is 0.0261. The van der Waals surface area contributed by atoms with Gasteiger partial charge in [0.25, 0.3) is 5.56 Å². The molecule has 134 valence electrons. The van der Waals surface area contributed by atoms with E-state index in [2.05, 4.69) is 4.98 Å². The van der Waals surface area contributed by atoms with Crippen LogP contribution in [0.15, 0.2) is 59.7 Å². The highest BCUT2D eigenvalue weighted by molar-refractivity contribution is 5.69. The number of benzene rings is 1. The van der Waals surface area contributed by atoms with Crippen molar-refractivity contribution in [3.63, 3.8) is 0 Å². The molecule has 2 aromatic heterocycles. The molecule has 2 heterocycles. The lowest BCUT2D eigenvalue weighted by Gasteiger charge is -2.12. The van der Waals surface area contributed by atoms with E-state index in [0.29, 0.717) is 5.56 Å². The highest BCUT2D eigenvalue weighted by Gasteiger charge is 2.30. The fourth-order valence-electron chi connectivity index (χ4n) is 2.51. The Balaban J connectivity index is 2.06. The van der Waals surface area contributed by atoms with Crippen molar-refractivity contribution in [1.82, 2.24) is 9.55 Å². The van der Waals surface area contributed by atoms with Crippen LogP contribution in [0.3, 0.4) is 0 Å². The van der Waals surface area contributed by atoms with Crippen LogP contribution in [-0.4, -0.2) is 14.7 Å². The Kier molecular flexibility index (Phi) is 4.50. The third kappa shape index (κ3) is 3.58. The van der Waals surface area contributed by atoms with E-state index in [1.807, 2.05) is 0 Å². The first-order valence-corrected chi connectivity index (χ1v) is 7.46. The zero-order chi connectivity index (χ0) is 18.9. The molecule has 0 bridgehead atoms. The van der Waals surface area contributed by atoms with Gasteiger partial charge in [-0.3, -0.25) is 4.79 Å². The molecule has 0 amide bonds. The monoisotopic (exact) mass is 364 g/mol. The summed E-state index contributed by atoms with van der Waals surface area (Å²) >= 11 is 0. The Labute approximate surface area is 145 Å². The molecule has 0 aliphatic rings. The molecule has 8 heteroatoms. The number of nitrogens with zero attached hydrogens (tertiary/aromatic N) is 2. The van der Waals surface area contributed by atoms with Gasteiger partial charge in [0.1, 0.15) is 5.75 Å². The number of aromatic hydroxyl groups is 1. The van der Waals surface area contributed by atoms with E-state index < -0.39 is 29.0 Å². The zero-order valence-corrected chi connectivity index (χ0v) is 13.2. The Morgan fingerprint density at radius 2 is 1.88 bits per heavy atom. The lowest BCUT2D eigenvalue weighted by atomic mass is 10.0. The van der Waals surface area contributed by atoms with Crippen LogP contribution in [0.4, 0.5) is 17.6 Å². The number of alkyl halides is 3. The van der Waals surface area contributed by atoms with E-state index in [1.165, 1.54) is 35.2 Å². The number of hydrogen-bond donors (Lipinski definition) is 1. The second-order valence-electron chi connectivity index (χ2n) is 5.58. The molecule has 1 N–H and O–H groups in total. The van der Waals surface area contributed by atoms with Gasteiger partial charge >= 0.3 is 6.18 Å². The number of hydrogen-bond acceptors (Lipinski definition) is 3. The van der Waals surface area contributed by atoms with Crippen LogP contribution >= 0.6 is 0 Å². The number of pyridine rings is 2. The molecule has 0 aliphatic heterocycles. The van der Waals surface area contributed by atoms with Gasteiger partial charge in [-0.15, -0.1) is 0 Å². The summed E-state index contributed by atoms with van der Waals surface area (Å²) < 4.78 is 52.8. The van der Waals surface area contributed by atoms with Crippen molar-refractivity contribution in [2.24, 2.45) is 0 Å². The van der Waals surface area contributed by atoms with Crippen molar-refractivity contribution >= 4 is 0 Å². The minimum Gasteiger partial charge on any atom is -0.507 e. The first-order valence-electron chi connectivity index (χ1n) is 7.46. The van der Waals surface area contributed by atoms with Gasteiger partial charge in [-0.2, -0.15) is 17.6 Å². The van der Waals surface area contributed by atoms with E-state index in [9.17, 15) is 27.5 Å². The van der Waals surface area contributed by atoms with Crippen molar-refractivity contribution in [2.45, 2.75) is 12.7 Å². The molecule has 0 saturated carbocycles. The summed E-state index contributed by atoms with van der Waals surface area (Å²) in [5.74, 6) is -1.10. The minimum atomic E-state index is -4.57. The summed E-state index contributed by atoms with van der Waals surface area (Å²) in [4.78, 5) is 16.1. The summed E-state index contributed by atoms with van der Waals surface area (Å²) in [7, 11) is 0. The van der Waals surface area contributed by atoms with Gasteiger partial charge in [0.2, 0.25) is 5.95 Å². The zero-order valence-electron chi connectivity index (χ0n) is 13.2. The summed E-state index contributed by atoms with van der Waals surface area (Å²) in [6.07, 6.45) is -2.02. The highest BCUT2D eigenvalue weighted by atomic mass is 19.4. The van der Waals surface area contributed by atoms with Crippen molar-refractivity contribution in [2.75, 3.05) is 0 Å². The maximum absolute atomic E-state index is 12.9. The molecule has 0 spiro atoms. The predicted octanol–water partition coefficient (Wildman–Crippen LogP) is 3.82. The predicted molar refractivity (Wildman–Crippen MR) is 86.1 cm³/mol. The van der Waals surface area contributed by atoms with E-state index in [0.717, 1.165) is 24.3 Å². The third-order valence-electron chi connectivity index (χ3n) is 3.76. The maximum atomic E-state index is 12.9. The van der Waals surface area contributed by atoms with Gasteiger partial charge in [-0.1, -0.05) is 18.2 Å². The molecule has 0 saturated heterocycles. The van der Waals surface area contributed by atoms with E-state index in [1.54, 1.807) is 0 Å². The van der Waals surface area contributed by atoms with Crippen LogP contribution in [0.2, 0.25) is 0 Å². The van der Waals surface area contributed by atoms with Gasteiger partial charge in [0.05, 0.1) is 17.7 Å². The van der Waals surface area contributed by atoms with Gasteiger partial charge in [0.15, 0.2) is 0 Å². The summed E-state index contributed by atoms with van der Waals surface area (Å²) in [6.45, 7) is 0.0261. The molecule has 3 rings (SSSR count). The second-order valence-corrected chi connectivity index (χ2v) is 5.58. The molecular weight excluding hydrogens is 352 g/mol. The van der Waals surface area contributed by atoms with Gasteiger partial charge in [-0.05, 0) is 35.4 Å².